The predicted octanol–water partition coefficient (Wildman–Crippen LogP) is 2.32. The molecule has 0 spiro atoms. The van der Waals surface area contributed by atoms with E-state index in [2.05, 4.69) is 20.2 Å². The Hall–Kier alpha value is -3.47. The SMILES string of the molecule is O=C(c1cnn(-c2ccc(=O)[nH]n2)c1C(F)(F)F)N1CCCN(Cc2ccccc2)CC1. The van der Waals surface area contributed by atoms with Gasteiger partial charge in [-0.3, -0.25) is 14.5 Å². The molecular formula is C21H21F3N6O2. The number of hydrogen-bond acceptors (Lipinski definition) is 5. The fourth-order valence-electron chi connectivity index (χ4n) is 3.75. The predicted molar refractivity (Wildman–Crippen MR) is 109 cm³/mol. The third kappa shape index (κ3) is 4.72. The summed E-state index contributed by atoms with van der Waals surface area (Å²) in [4.78, 5) is 27.9. The number of aromatic nitrogens is 4. The van der Waals surface area contributed by atoms with Crippen molar-refractivity contribution >= 4 is 5.91 Å². The van der Waals surface area contributed by atoms with Crippen molar-refractivity contribution in [3.8, 4) is 5.82 Å². The summed E-state index contributed by atoms with van der Waals surface area (Å²) in [6.07, 6.45) is -3.29. The Bertz CT molecular complexity index is 1120. The number of rotatable bonds is 4. The summed E-state index contributed by atoms with van der Waals surface area (Å²) < 4.78 is 42.2. The second kappa shape index (κ2) is 8.95. The highest BCUT2D eigenvalue weighted by atomic mass is 19.4. The van der Waals surface area contributed by atoms with Crippen LogP contribution in [0, 0.1) is 0 Å². The van der Waals surface area contributed by atoms with Crippen LogP contribution in [-0.2, 0) is 12.7 Å². The fourth-order valence-corrected chi connectivity index (χ4v) is 3.75. The van der Waals surface area contributed by atoms with Gasteiger partial charge < -0.3 is 4.90 Å². The van der Waals surface area contributed by atoms with Crippen molar-refractivity contribution in [3.63, 3.8) is 0 Å². The molecule has 1 aromatic carbocycles. The average Bonchev–Trinajstić information content (AvgIpc) is 3.10. The summed E-state index contributed by atoms with van der Waals surface area (Å²) in [6, 6.07) is 12.0. The first-order chi connectivity index (χ1) is 15.3. The highest BCUT2D eigenvalue weighted by molar-refractivity contribution is 5.95. The molecule has 1 fully saturated rings. The Balaban J connectivity index is 1.55. The lowest BCUT2D eigenvalue weighted by atomic mass is 10.2. The minimum absolute atomic E-state index is 0.235. The van der Waals surface area contributed by atoms with Crippen LogP contribution in [0.15, 0.2) is 53.5 Å². The van der Waals surface area contributed by atoms with Gasteiger partial charge in [-0.1, -0.05) is 30.3 Å². The lowest BCUT2D eigenvalue weighted by Crippen LogP contribution is -2.36. The molecule has 3 aromatic rings. The maximum atomic E-state index is 13.9. The molecule has 168 valence electrons. The molecule has 0 radical (unpaired) electrons. The molecule has 0 aliphatic carbocycles. The highest BCUT2D eigenvalue weighted by Gasteiger charge is 2.42. The van der Waals surface area contributed by atoms with E-state index in [0.29, 0.717) is 37.3 Å². The van der Waals surface area contributed by atoms with E-state index in [4.69, 9.17) is 0 Å². The van der Waals surface area contributed by atoms with E-state index in [9.17, 15) is 22.8 Å². The number of halogens is 3. The Kier molecular flexibility index (Phi) is 6.08. The molecule has 8 nitrogen and oxygen atoms in total. The zero-order chi connectivity index (χ0) is 22.7. The van der Waals surface area contributed by atoms with Crippen LogP contribution in [-0.4, -0.2) is 61.9 Å². The van der Waals surface area contributed by atoms with Gasteiger partial charge in [-0.05, 0) is 18.1 Å². The van der Waals surface area contributed by atoms with Crippen LogP contribution in [0.5, 0.6) is 0 Å². The zero-order valence-electron chi connectivity index (χ0n) is 17.0. The quantitative estimate of drug-likeness (QED) is 0.665. The van der Waals surface area contributed by atoms with Crippen LogP contribution in [0.3, 0.4) is 0 Å². The van der Waals surface area contributed by atoms with Crippen LogP contribution in [0.2, 0.25) is 0 Å². The minimum atomic E-state index is -4.84. The van der Waals surface area contributed by atoms with Gasteiger partial charge in [0.1, 0.15) is 0 Å². The second-order valence-corrected chi connectivity index (χ2v) is 7.50. The van der Waals surface area contributed by atoms with Crippen LogP contribution in [0.1, 0.15) is 28.0 Å². The first-order valence-electron chi connectivity index (χ1n) is 10.1. The number of alkyl halides is 3. The van der Waals surface area contributed by atoms with Crippen LogP contribution >= 0.6 is 0 Å². The molecular weight excluding hydrogens is 425 g/mol. The number of nitrogens with zero attached hydrogens (tertiary/aromatic N) is 5. The van der Waals surface area contributed by atoms with E-state index >= 15 is 0 Å². The smallest absolute Gasteiger partial charge is 0.337 e. The third-order valence-corrected chi connectivity index (χ3v) is 5.27. The van der Waals surface area contributed by atoms with Crippen LogP contribution < -0.4 is 5.56 Å². The van der Waals surface area contributed by atoms with Gasteiger partial charge in [0.2, 0.25) is 0 Å². The van der Waals surface area contributed by atoms with Gasteiger partial charge in [0.15, 0.2) is 11.5 Å². The first-order valence-corrected chi connectivity index (χ1v) is 10.1. The average molecular weight is 446 g/mol. The molecule has 1 saturated heterocycles. The van der Waals surface area contributed by atoms with Gasteiger partial charge >= 0.3 is 6.18 Å². The normalized spacial score (nSPS) is 15.5. The third-order valence-electron chi connectivity index (χ3n) is 5.27. The topological polar surface area (TPSA) is 87.1 Å². The number of aromatic amines is 1. The van der Waals surface area contributed by atoms with Gasteiger partial charge in [-0.2, -0.15) is 23.4 Å². The zero-order valence-corrected chi connectivity index (χ0v) is 17.0. The molecule has 3 heterocycles. The van der Waals surface area contributed by atoms with Crippen molar-refractivity contribution in [2.75, 3.05) is 26.2 Å². The number of H-pyrrole nitrogens is 1. The van der Waals surface area contributed by atoms with Crippen molar-refractivity contribution < 1.29 is 18.0 Å². The van der Waals surface area contributed by atoms with Crippen molar-refractivity contribution in [1.82, 2.24) is 29.8 Å². The molecule has 0 bridgehead atoms. The number of benzene rings is 1. The number of nitrogens with one attached hydrogen (secondary N) is 1. The van der Waals surface area contributed by atoms with E-state index < -0.39 is 28.9 Å². The summed E-state index contributed by atoms with van der Waals surface area (Å²) in [6.45, 7) is 2.67. The number of amides is 1. The molecule has 11 heteroatoms. The van der Waals surface area contributed by atoms with E-state index in [1.165, 1.54) is 4.90 Å². The Morgan fingerprint density at radius 2 is 1.81 bits per heavy atom. The maximum absolute atomic E-state index is 13.9. The summed E-state index contributed by atoms with van der Waals surface area (Å²) >= 11 is 0. The fraction of sp³-hybridized carbons (Fsp3) is 0.333. The molecule has 1 aliphatic rings. The Labute approximate surface area is 181 Å². The summed E-state index contributed by atoms with van der Waals surface area (Å²) in [7, 11) is 0. The molecule has 2 aromatic heterocycles. The molecule has 1 N–H and O–H groups in total. The van der Waals surface area contributed by atoms with Crippen LogP contribution in [0.25, 0.3) is 5.82 Å². The molecule has 0 atom stereocenters. The van der Waals surface area contributed by atoms with E-state index in [-0.39, 0.29) is 5.82 Å². The monoisotopic (exact) mass is 446 g/mol. The van der Waals surface area contributed by atoms with Gasteiger partial charge in [-0.15, -0.1) is 0 Å². The Morgan fingerprint density at radius 3 is 2.50 bits per heavy atom. The van der Waals surface area contributed by atoms with Gasteiger partial charge in [-0.25, -0.2) is 9.78 Å². The van der Waals surface area contributed by atoms with E-state index in [1.54, 1.807) is 0 Å². The van der Waals surface area contributed by atoms with Crippen molar-refractivity contribution in [1.29, 1.82) is 0 Å². The standard InChI is InChI=1S/C21H21F3N6O2/c22-21(23,24)19-16(13-25-30(19)17-7-8-18(31)27-26-17)20(32)29-10-4-9-28(11-12-29)14-15-5-2-1-3-6-15/h1-3,5-8,13H,4,9-12,14H2,(H,27,31). The molecule has 1 amide bonds. The van der Waals surface area contributed by atoms with Crippen molar-refractivity contribution in [2.45, 2.75) is 19.1 Å². The van der Waals surface area contributed by atoms with Crippen molar-refractivity contribution in [3.05, 3.63) is 75.8 Å². The van der Waals surface area contributed by atoms with Gasteiger partial charge in [0, 0.05) is 38.8 Å². The molecule has 4 rings (SSSR count). The molecule has 32 heavy (non-hydrogen) atoms. The first kappa shape index (κ1) is 21.8. The minimum Gasteiger partial charge on any atom is -0.337 e. The van der Waals surface area contributed by atoms with E-state index in [1.807, 2.05) is 30.3 Å². The second-order valence-electron chi connectivity index (χ2n) is 7.50. The summed E-state index contributed by atoms with van der Waals surface area (Å²) in [5.41, 5.74) is -1.17. The van der Waals surface area contributed by atoms with Crippen molar-refractivity contribution in [2.24, 2.45) is 0 Å². The lowest BCUT2D eigenvalue weighted by Gasteiger charge is -2.22. The number of hydrogen-bond donors (Lipinski definition) is 1. The Morgan fingerprint density at radius 1 is 1.03 bits per heavy atom. The molecule has 0 saturated carbocycles. The van der Waals surface area contributed by atoms with Gasteiger partial charge in [0.05, 0.1) is 11.8 Å². The lowest BCUT2D eigenvalue weighted by molar-refractivity contribution is -0.143. The number of carbonyl (C=O) groups excluding carboxylic acids is 1. The molecule has 0 unspecified atom stereocenters. The number of carbonyl (C=O) groups is 1. The van der Waals surface area contributed by atoms with Gasteiger partial charge in [0.25, 0.3) is 11.5 Å². The molecule has 1 aliphatic heterocycles. The maximum Gasteiger partial charge on any atom is 0.434 e. The summed E-state index contributed by atoms with van der Waals surface area (Å²) in [5.74, 6) is -0.963. The van der Waals surface area contributed by atoms with Crippen LogP contribution in [0.4, 0.5) is 13.2 Å². The highest BCUT2D eigenvalue weighted by Crippen LogP contribution is 2.34. The summed E-state index contributed by atoms with van der Waals surface area (Å²) in [5, 5.41) is 9.43. The largest absolute Gasteiger partial charge is 0.434 e. The van der Waals surface area contributed by atoms with E-state index in [0.717, 1.165) is 30.4 Å².